The second kappa shape index (κ2) is 136. The van der Waals surface area contributed by atoms with Gasteiger partial charge in [0.1, 0.15) is 5.76 Å². The third kappa shape index (κ3) is 143. The predicted octanol–water partition coefficient (Wildman–Crippen LogP) is 36.3. The first kappa shape index (κ1) is 118. The highest BCUT2D eigenvalue weighted by molar-refractivity contribution is 7.09. The van der Waals surface area contributed by atoms with Crippen LogP contribution in [0.4, 0.5) is 0 Å². The maximum Gasteiger partial charge on any atom is 0.103 e. The van der Waals surface area contributed by atoms with Crippen molar-refractivity contribution in [1.82, 2.24) is 4.98 Å². The second-order valence-corrected chi connectivity index (χ2v) is 23.9. The maximum atomic E-state index is 5.14. The minimum atomic E-state index is 1.09. The van der Waals surface area contributed by atoms with Gasteiger partial charge in [0.15, 0.2) is 0 Å². The summed E-state index contributed by atoms with van der Waals surface area (Å²) in [6.45, 7) is 55.4. The Bertz CT molecular complexity index is 1680. The molecule has 3 heteroatoms. The van der Waals surface area contributed by atoms with E-state index < -0.39 is 0 Å². The third-order valence-electron chi connectivity index (χ3n) is 13.4. The molecular formula is C95H183NOS. The van der Waals surface area contributed by atoms with Crippen LogP contribution >= 0.6 is 11.3 Å². The first-order valence-corrected chi connectivity index (χ1v) is 43.0. The van der Waals surface area contributed by atoms with Crippen molar-refractivity contribution in [2.75, 3.05) is 0 Å². The summed E-state index contributed by atoms with van der Waals surface area (Å²) in [7, 11) is 0. The number of furan rings is 1. The molecule has 580 valence electrons. The number of thiophene rings is 1. The monoisotopic (exact) mass is 1390 g/mol. The van der Waals surface area contributed by atoms with Crippen molar-refractivity contribution in [2.24, 2.45) is 0 Å². The molecule has 0 aliphatic heterocycles. The highest BCUT2D eigenvalue weighted by Gasteiger charge is 1.93. The van der Waals surface area contributed by atoms with E-state index in [1.54, 1.807) is 6.26 Å². The highest BCUT2D eigenvalue weighted by atomic mass is 32.1. The van der Waals surface area contributed by atoms with Crippen LogP contribution in [0, 0.1) is 0 Å². The predicted molar refractivity (Wildman–Crippen MR) is 469 cm³/mol. The molecule has 0 radical (unpaired) electrons. The molecular weight excluding hydrogens is 1200 g/mol. The maximum absolute atomic E-state index is 5.14. The lowest BCUT2D eigenvalue weighted by atomic mass is 10.1. The van der Waals surface area contributed by atoms with E-state index >= 15 is 0 Å². The summed E-state index contributed by atoms with van der Waals surface area (Å²) < 4.78 is 5.14. The van der Waals surface area contributed by atoms with Gasteiger partial charge >= 0.3 is 0 Å². The molecule has 0 spiro atoms. The Kier molecular flexibility index (Phi) is 164. The lowest BCUT2D eigenvalue weighted by molar-refractivity contribution is 0.500. The molecule has 0 aliphatic carbocycles. The summed E-state index contributed by atoms with van der Waals surface area (Å²) in [5, 5.41) is 2.14. The zero-order valence-corrected chi connectivity index (χ0v) is 72.7. The summed E-state index contributed by atoms with van der Waals surface area (Å²) in [6, 6.07) is 23.0. The zero-order chi connectivity index (χ0) is 76.4. The van der Waals surface area contributed by atoms with Crippen molar-refractivity contribution in [1.29, 1.82) is 0 Å². The summed E-state index contributed by atoms with van der Waals surface area (Å²) in [4.78, 5) is 4.70. The number of unbranched alkanes of at least 4 members (excludes halogenated alkanes) is 20. The van der Waals surface area contributed by atoms with Crippen LogP contribution in [0.25, 0.3) is 0 Å². The van der Waals surface area contributed by atoms with E-state index in [-0.39, 0.29) is 0 Å². The molecule has 98 heavy (non-hydrogen) atoms. The van der Waals surface area contributed by atoms with Crippen LogP contribution in [-0.4, -0.2) is 4.98 Å². The number of aryl methyl sites for hydroxylation is 4. The molecule has 0 fully saturated rings. The van der Waals surface area contributed by atoms with Crippen LogP contribution < -0.4 is 0 Å². The molecule has 4 rings (SSSR count). The van der Waals surface area contributed by atoms with Crippen molar-refractivity contribution in [2.45, 2.75) is 430 Å². The SMILES string of the molecule is C/C=C/CCCCC.C/C=C/CCCCC.CC.CC.CC.CC.CC/C=C/CCCC.CC/C=C/CCCC.CC/C=C\CC.CCC/C=C/CCC.CCCCCCCC.CCCCc1ccc[nH]1.CCCCc1ccco1.CCCCc1cccs1.CCCc1ccccc1. The van der Waals surface area contributed by atoms with Crippen molar-refractivity contribution in [3.63, 3.8) is 0 Å². The number of nitrogens with one attached hydrogen (secondary N) is 1. The first-order chi connectivity index (χ1) is 48.1. The molecule has 0 unspecified atom stereocenters. The number of aromatic nitrogens is 1. The molecule has 0 aliphatic rings. The summed E-state index contributed by atoms with van der Waals surface area (Å²) in [5.74, 6) is 1.11. The number of hydrogen-bond acceptors (Lipinski definition) is 2. The van der Waals surface area contributed by atoms with E-state index in [9.17, 15) is 0 Å². The average Bonchev–Trinajstić information content (AvgIpc) is 2.95. The molecule has 2 nitrogen and oxygen atoms in total. The van der Waals surface area contributed by atoms with Crippen LogP contribution in [0.2, 0.25) is 0 Å². The van der Waals surface area contributed by atoms with Crippen LogP contribution in [0.15, 0.2) is 162 Å². The second-order valence-electron chi connectivity index (χ2n) is 22.8. The topological polar surface area (TPSA) is 28.9 Å². The van der Waals surface area contributed by atoms with Crippen molar-refractivity contribution in [3.05, 3.63) is 179 Å². The molecule has 0 bridgehead atoms. The van der Waals surface area contributed by atoms with Gasteiger partial charge in [-0.25, -0.2) is 0 Å². The third-order valence-corrected chi connectivity index (χ3v) is 14.3. The lowest BCUT2D eigenvalue weighted by Crippen LogP contribution is -1.81. The summed E-state index contributed by atoms with van der Waals surface area (Å²) >= 11 is 1.86. The van der Waals surface area contributed by atoms with Gasteiger partial charge < -0.3 is 9.40 Å². The highest BCUT2D eigenvalue weighted by Crippen LogP contribution is 2.12. The van der Waals surface area contributed by atoms with Gasteiger partial charge in [-0.05, 0) is 171 Å². The molecule has 0 saturated carbocycles. The van der Waals surface area contributed by atoms with E-state index in [0.717, 1.165) is 12.2 Å². The van der Waals surface area contributed by atoms with E-state index in [1.807, 2.05) is 91.1 Å². The van der Waals surface area contributed by atoms with Crippen LogP contribution in [-0.2, 0) is 25.7 Å². The molecule has 3 heterocycles. The van der Waals surface area contributed by atoms with Gasteiger partial charge in [-0.2, -0.15) is 0 Å². The molecule has 0 atom stereocenters. The largest absolute Gasteiger partial charge is 0.469 e. The summed E-state index contributed by atoms with van der Waals surface area (Å²) in [6.07, 6.45) is 80.8. The minimum Gasteiger partial charge on any atom is -0.469 e. The molecule has 3 aromatic heterocycles. The number of rotatable bonds is 38. The van der Waals surface area contributed by atoms with E-state index in [4.69, 9.17) is 4.42 Å². The van der Waals surface area contributed by atoms with Crippen LogP contribution in [0.3, 0.4) is 0 Å². The van der Waals surface area contributed by atoms with Gasteiger partial charge in [0, 0.05) is 23.2 Å². The molecule has 0 saturated heterocycles. The number of H-pyrrole nitrogens is 1. The van der Waals surface area contributed by atoms with Crippen molar-refractivity contribution >= 4 is 11.3 Å². The van der Waals surface area contributed by atoms with Crippen LogP contribution in [0.5, 0.6) is 0 Å². The van der Waals surface area contributed by atoms with Gasteiger partial charge in [0.2, 0.25) is 0 Å². The Morgan fingerprint density at radius 1 is 0.306 bits per heavy atom. The van der Waals surface area contributed by atoms with Crippen LogP contribution in [0.1, 0.15) is 427 Å². The zero-order valence-electron chi connectivity index (χ0n) is 71.9. The molecule has 1 aromatic carbocycles. The van der Waals surface area contributed by atoms with Gasteiger partial charge in [-0.3, -0.25) is 0 Å². The average molecular weight is 1390 g/mol. The van der Waals surface area contributed by atoms with E-state index in [2.05, 4.69) is 256 Å². The molecule has 1 N–H and O–H groups in total. The number of hydrogen-bond donors (Lipinski definition) is 1. The minimum absolute atomic E-state index is 1.09. The lowest BCUT2D eigenvalue weighted by Gasteiger charge is -1.93. The Morgan fingerprint density at radius 2 is 0.694 bits per heavy atom. The van der Waals surface area contributed by atoms with Gasteiger partial charge in [-0.15, -0.1) is 11.3 Å². The van der Waals surface area contributed by atoms with Gasteiger partial charge in [0.05, 0.1) is 6.26 Å². The Hall–Kier alpha value is -4.08. The normalized spacial score (nSPS) is 9.65. The fourth-order valence-corrected chi connectivity index (χ4v) is 8.51. The summed E-state index contributed by atoms with van der Waals surface area (Å²) in [5.41, 5.74) is 2.80. The number of benzene rings is 1. The Morgan fingerprint density at radius 3 is 1.03 bits per heavy atom. The Labute approximate surface area is 626 Å². The van der Waals surface area contributed by atoms with Gasteiger partial charge in [-0.1, -0.05) is 404 Å². The fraction of sp³-hybridized carbons (Fsp3) is 0.684. The van der Waals surface area contributed by atoms with E-state index in [0.29, 0.717) is 0 Å². The molecule has 4 aromatic rings. The number of aromatic amines is 1. The van der Waals surface area contributed by atoms with Crippen molar-refractivity contribution < 1.29 is 4.42 Å². The van der Waals surface area contributed by atoms with Gasteiger partial charge in [0.25, 0.3) is 0 Å². The van der Waals surface area contributed by atoms with E-state index in [1.165, 1.54) is 260 Å². The van der Waals surface area contributed by atoms with Crippen molar-refractivity contribution in [3.8, 4) is 0 Å². The smallest absolute Gasteiger partial charge is 0.103 e. The Balaban J connectivity index is -0.0000000935. The standard InChI is InChI=1S/C9H12.C8H13N.C8H12O.C8H12S.C8H18.5C8H16.C6H12.4C2H6/c1-2-6-9-7-4-3-5-8-9;3*1-2-3-5-8-6-4-7-9-8;6*1-3-5-7-8-6-4-2;1-3-5-6-4-2;4*1-2/h3-5,7-8H,2,6H2,1H3;4,6-7,9H,2-3,5H2,1H3;2*4,6-7H,2-3,5H2,1H3;3-8H2,1-2H3;7-8H,3-6H2,1-2H3;2*5,7H,3-4,6,8H2,1-2H3;2*3,5H,4,6-8H2,1-2H3;5-6H,3-4H2,1-2H3;4*1-2H3/b;;;;;8-7+;2*7-5+;2*5-3+;6-5-;;;;. The fourth-order valence-electron chi connectivity index (χ4n) is 7.76. The quantitative estimate of drug-likeness (QED) is 0.0352. The molecule has 0 amide bonds. The number of allylic oxidation sites excluding steroid dienone is 12. The first-order valence-electron chi connectivity index (χ1n) is 42.2.